The van der Waals surface area contributed by atoms with Gasteiger partial charge >= 0.3 is 30.3 Å². The lowest BCUT2D eigenvalue weighted by molar-refractivity contribution is -0.153. The first-order valence-corrected chi connectivity index (χ1v) is 22.2. The highest BCUT2D eigenvalue weighted by Gasteiger charge is 2.55. The van der Waals surface area contributed by atoms with Crippen LogP contribution in [0.15, 0.2) is 21.7 Å². The lowest BCUT2D eigenvalue weighted by atomic mass is 9.98. The fourth-order valence-electron chi connectivity index (χ4n) is 5.63. The number of carbonyl (C=O) groups is 7. The molecule has 25 nitrogen and oxygen atoms in total. The summed E-state index contributed by atoms with van der Waals surface area (Å²) in [5, 5.41) is 34.2. The van der Waals surface area contributed by atoms with E-state index in [1.54, 1.807) is 90.1 Å². The van der Waals surface area contributed by atoms with Crippen LogP contribution < -0.4 is 21.3 Å². The summed E-state index contributed by atoms with van der Waals surface area (Å²) in [6, 6.07) is -1.88. The first kappa shape index (κ1) is 53.0. The molecule has 6 amide bonds. The molecule has 3 heterocycles. The monoisotopic (exact) mass is 962 g/mol. The number of carbonyl (C=O) groups excluding carboxylic acids is 6. The number of aliphatic imine (C=N–C) groups is 1. The number of aromatic nitrogens is 4. The van der Waals surface area contributed by atoms with E-state index in [2.05, 4.69) is 46.6 Å². The quantitative estimate of drug-likeness (QED) is 0.0421. The van der Waals surface area contributed by atoms with Gasteiger partial charge in [-0.1, -0.05) is 5.16 Å². The molecule has 1 aliphatic heterocycles. The number of aliphatic carboxylic acids is 1. The van der Waals surface area contributed by atoms with E-state index in [0.29, 0.717) is 5.69 Å². The highest BCUT2D eigenvalue weighted by molar-refractivity contribution is 7.14. The van der Waals surface area contributed by atoms with Gasteiger partial charge in [-0.05, 0) is 89.5 Å². The number of nitrogens with one attached hydrogen (secondary N) is 4. The summed E-state index contributed by atoms with van der Waals surface area (Å²) in [5.41, 5.74) is -5.22. The molecule has 2 aromatic rings. The smallest absolute Gasteiger partial charge is 0.437 e. The number of guanidine groups is 1. The van der Waals surface area contributed by atoms with Crippen LogP contribution in [0.5, 0.6) is 0 Å². The zero-order chi connectivity index (χ0) is 50.3. The molecule has 0 radical (unpaired) electrons. The van der Waals surface area contributed by atoms with E-state index in [-0.39, 0.29) is 62.2 Å². The number of anilines is 1. The first-order valence-electron chi connectivity index (χ1n) is 21.3. The van der Waals surface area contributed by atoms with Gasteiger partial charge in [0.15, 0.2) is 10.8 Å². The molecule has 1 saturated heterocycles. The molecule has 67 heavy (non-hydrogen) atoms. The predicted molar refractivity (Wildman–Crippen MR) is 240 cm³/mol. The average molecular weight is 963 g/mol. The van der Waals surface area contributed by atoms with Gasteiger partial charge in [0.1, 0.15) is 39.8 Å². The maximum absolute atomic E-state index is 13.8. The largest absolute Gasteiger partial charge is 0.478 e. The van der Waals surface area contributed by atoms with Gasteiger partial charge < -0.3 is 49.7 Å². The summed E-state index contributed by atoms with van der Waals surface area (Å²) in [7, 11) is 1.56. The molecule has 5 N–H and O–H groups in total. The van der Waals surface area contributed by atoms with E-state index in [9.17, 15) is 38.7 Å². The molecule has 26 heteroatoms. The number of ether oxygens (including phenoxy) is 4. The molecule has 0 unspecified atom stereocenters. The maximum atomic E-state index is 13.8. The van der Waals surface area contributed by atoms with Crippen LogP contribution in [0.2, 0.25) is 0 Å². The predicted octanol–water partition coefficient (Wildman–Crippen LogP) is 3.98. The highest BCUT2D eigenvalue weighted by Crippen LogP contribution is 2.40. The van der Waals surface area contributed by atoms with Crippen molar-refractivity contribution in [2.75, 3.05) is 25.5 Å². The number of amides is 6. The topological polar surface area (TPSA) is 309 Å². The highest BCUT2D eigenvalue weighted by atomic mass is 32.1. The van der Waals surface area contributed by atoms with E-state index in [1.807, 2.05) is 0 Å². The van der Waals surface area contributed by atoms with Crippen molar-refractivity contribution in [2.45, 2.75) is 156 Å². The molecule has 2 aromatic heterocycles. The van der Waals surface area contributed by atoms with Crippen LogP contribution in [0.3, 0.4) is 0 Å². The minimum atomic E-state index is -1.62. The van der Waals surface area contributed by atoms with E-state index >= 15 is 0 Å². The van der Waals surface area contributed by atoms with Crippen molar-refractivity contribution in [3.05, 3.63) is 23.0 Å². The molecule has 370 valence electrons. The van der Waals surface area contributed by atoms with Gasteiger partial charge in [0, 0.05) is 38.4 Å². The molecule has 0 bridgehead atoms. The summed E-state index contributed by atoms with van der Waals surface area (Å²) >= 11 is 0.938. The van der Waals surface area contributed by atoms with Gasteiger partial charge in [0.25, 0.3) is 5.91 Å². The second-order valence-corrected chi connectivity index (χ2v) is 20.5. The second-order valence-electron chi connectivity index (χ2n) is 19.6. The lowest BCUT2D eigenvalue weighted by Crippen LogP contribution is -2.70. The minimum Gasteiger partial charge on any atom is -0.478 e. The Labute approximate surface area is 391 Å². The molecule has 0 spiro atoms. The number of thiazole rings is 1. The minimum absolute atomic E-state index is 0.0420. The molecule has 0 aromatic carbocycles. The van der Waals surface area contributed by atoms with E-state index in [0.717, 1.165) is 16.2 Å². The third-order valence-electron chi connectivity index (χ3n) is 8.63. The standard InChI is InChI=1S/C41H62N12O13S/c1-37(2,3)62-33(58)42-17-14-18-52(36(61)65-40(10,11)12)32(48-35(60)64-39(7,8)9)51(13)20-23-19-43-53(49-23)21-24-26(28(54)44-24)46-29(55)27(50-66-41(15-16-41)30(56)57)25-22-67-31(45-25)47-34(59)63-38(4,5)6/h19,22,24,26H,14-18,20-21H2,1-13H3,(H,42,58)(H,44,54)(H,46,55)(H,56,57)(H,45,47,59)/t24-,26-/m0/s1. The van der Waals surface area contributed by atoms with E-state index in [1.165, 1.54) is 21.3 Å². The van der Waals surface area contributed by atoms with Gasteiger partial charge in [0.05, 0.1) is 25.3 Å². The van der Waals surface area contributed by atoms with Crippen molar-refractivity contribution in [1.82, 2.24) is 45.7 Å². The molecular weight excluding hydrogens is 901 g/mol. The van der Waals surface area contributed by atoms with Crippen LogP contribution in [-0.4, -0.2) is 149 Å². The van der Waals surface area contributed by atoms with E-state index in [4.69, 9.17) is 23.8 Å². The normalized spacial score (nSPS) is 17.2. The van der Waals surface area contributed by atoms with Crippen molar-refractivity contribution in [1.29, 1.82) is 0 Å². The van der Waals surface area contributed by atoms with Crippen LogP contribution in [0, 0.1) is 0 Å². The Hall–Kier alpha value is -6.60. The van der Waals surface area contributed by atoms with Crippen molar-refractivity contribution in [3.8, 4) is 0 Å². The van der Waals surface area contributed by atoms with Crippen LogP contribution in [0.25, 0.3) is 0 Å². The molecule has 1 aliphatic carbocycles. The number of carboxylic acids is 1. The Morgan fingerprint density at radius 1 is 0.925 bits per heavy atom. The SMILES string of the molecule is CN(Cc1cnn(C[C@@H]2NC(=O)[C@H]2NC(=O)C(=NOC2(C(=O)O)CC2)c2csc(NC(=O)OC(C)(C)C)n2)n1)C(=NC(=O)OC(C)(C)C)N(CCCNC(=O)OC(C)(C)C)C(=O)OC(C)(C)C. The number of rotatable bonds is 15. The second kappa shape index (κ2) is 20.9. The van der Waals surface area contributed by atoms with Gasteiger partial charge in [-0.2, -0.15) is 15.0 Å². The Bertz CT molecular complexity index is 2230. The number of hydrogen-bond donors (Lipinski definition) is 5. The Morgan fingerprint density at radius 3 is 2.10 bits per heavy atom. The number of carboxylic acid groups (broad SMARTS) is 1. The average Bonchev–Trinajstić information content (AvgIpc) is 3.61. The van der Waals surface area contributed by atoms with E-state index < -0.39 is 88.0 Å². The fourth-order valence-corrected chi connectivity index (χ4v) is 6.31. The van der Waals surface area contributed by atoms with Gasteiger partial charge in [-0.15, -0.1) is 16.3 Å². The number of nitrogens with zero attached hydrogens (tertiary/aromatic N) is 8. The zero-order valence-electron chi connectivity index (χ0n) is 40.1. The summed E-state index contributed by atoms with van der Waals surface area (Å²) < 4.78 is 21.7. The third-order valence-corrected chi connectivity index (χ3v) is 9.38. The zero-order valence-corrected chi connectivity index (χ0v) is 40.9. The molecule has 4 rings (SSSR count). The van der Waals surface area contributed by atoms with Crippen molar-refractivity contribution < 1.29 is 62.5 Å². The van der Waals surface area contributed by atoms with Gasteiger partial charge in [-0.25, -0.2) is 33.9 Å². The summed E-state index contributed by atoms with van der Waals surface area (Å²) in [6.45, 7) is 20.1. The summed E-state index contributed by atoms with van der Waals surface area (Å²) in [4.78, 5) is 108. The van der Waals surface area contributed by atoms with Crippen molar-refractivity contribution >= 4 is 70.3 Å². The van der Waals surface area contributed by atoms with Crippen molar-refractivity contribution in [3.63, 3.8) is 0 Å². The number of alkyl carbamates (subject to hydrolysis) is 1. The summed E-state index contributed by atoms with van der Waals surface area (Å²) in [5.74, 6) is -2.90. The van der Waals surface area contributed by atoms with Crippen LogP contribution in [0.4, 0.5) is 24.3 Å². The fraction of sp³-hybridized carbons (Fsp3) is 0.659. The molecule has 2 fully saturated rings. The Balaban J connectivity index is 1.51. The van der Waals surface area contributed by atoms with Gasteiger partial charge in [0.2, 0.25) is 17.5 Å². The van der Waals surface area contributed by atoms with Crippen LogP contribution in [0.1, 0.15) is 114 Å². The first-order chi connectivity index (χ1) is 30.8. The molecule has 1 saturated carbocycles. The lowest BCUT2D eigenvalue weighted by Gasteiger charge is -2.36. The Kier molecular flexibility index (Phi) is 16.6. The molecule has 2 aliphatic rings. The van der Waals surface area contributed by atoms with Crippen molar-refractivity contribution in [2.24, 2.45) is 10.1 Å². The molecular formula is C41H62N12O13S. The number of oxime groups is 1. The maximum Gasteiger partial charge on any atom is 0.437 e. The Morgan fingerprint density at radius 2 is 1.54 bits per heavy atom. The number of β-lactam (4-membered cyclic amide) rings is 1. The summed E-state index contributed by atoms with van der Waals surface area (Å²) in [6.07, 6.45) is -1.36. The van der Waals surface area contributed by atoms with Gasteiger partial charge in [-0.3, -0.25) is 14.9 Å². The van der Waals surface area contributed by atoms with Crippen LogP contribution in [-0.2, 0) is 51.3 Å². The van der Waals surface area contributed by atoms with Crippen LogP contribution >= 0.6 is 11.3 Å². The molecule has 2 atom stereocenters. The third kappa shape index (κ3) is 17.0. The number of hydrogen-bond acceptors (Lipinski definition) is 17.